The number of hydrogen-bond acceptors (Lipinski definition) is 8. The lowest BCUT2D eigenvalue weighted by molar-refractivity contribution is -0.145. The number of benzene rings is 1. The van der Waals surface area contributed by atoms with E-state index in [9.17, 15) is 29.1 Å². The van der Waals surface area contributed by atoms with E-state index in [-0.39, 0.29) is 25.3 Å². The monoisotopic (exact) mass is 701 g/mol. The summed E-state index contributed by atoms with van der Waals surface area (Å²) in [7, 11) is 0. The number of nitrogens with one attached hydrogen (secondary N) is 2. The summed E-state index contributed by atoms with van der Waals surface area (Å²) in [6.07, 6.45) is 6.56. The molecule has 2 aromatic heterocycles. The van der Waals surface area contributed by atoms with E-state index in [0.29, 0.717) is 24.1 Å². The van der Waals surface area contributed by atoms with Gasteiger partial charge >= 0.3 is 12.1 Å². The van der Waals surface area contributed by atoms with Crippen molar-refractivity contribution in [2.45, 2.75) is 95.0 Å². The minimum atomic E-state index is -1.48. The van der Waals surface area contributed by atoms with Gasteiger partial charge < -0.3 is 25.4 Å². The van der Waals surface area contributed by atoms with Gasteiger partial charge in [-0.1, -0.05) is 55.3 Å². The molecule has 3 N–H and O–H groups in total. The van der Waals surface area contributed by atoms with Gasteiger partial charge in [-0.05, 0) is 68.8 Å². The molecule has 12 nitrogen and oxygen atoms in total. The molecule has 4 heterocycles. The van der Waals surface area contributed by atoms with Crippen LogP contribution in [0.4, 0.5) is 4.79 Å². The molecule has 264 valence electrons. The Labute approximate surface area is 294 Å². The van der Waals surface area contributed by atoms with Crippen molar-refractivity contribution in [3.63, 3.8) is 0 Å². The fraction of sp³-hybridized carbons (Fsp3) is 0.459. The Kier molecular flexibility index (Phi) is 9.97. The minimum Gasteiger partial charge on any atom is -0.479 e. The number of fused-ring (bicyclic) bond motifs is 2. The van der Waals surface area contributed by atoms with Crippen molar-refractivity contribution in [2.24, 2.45) is 5.92 Å². The van der Waals surface area contributed by atoms with Crippen molar-refractivity contribution in [2.75, 3.05) is 6.54 Å². The maximum atomic E-state index is 14.4. The molecule has 0 bridgehead atoms. The van der Waals surface area contributed by atoms with Gasteiger partial charge in [-0.3, -0.25) is 14.4 Å². The molecular formula is C37H43N5O7S. The van der Waals surface area contributed by atoms with Crippen LogP contribution >= 0.6 is 11.3 Å². The number of ether oxygens (including phenoxy) is 1. The van der Waals surface area contributed by atoms with Crippen LogP contribution in [0.3, 0.4) is 0 Å². The van der Waals surface area contributed by atoms with E-state index in [4.69, 9.17) is 9.84 Å². The number of carbonyl (C=O) groups excluding carboxylic acids is 3. The summed E-state index contributed by atoms with van der Waals surface area (Å²) < 4.78 is 6.81. The van der Waals surface area contributed by atoms with Crippen LogP contribution in [0.1, 0.15) is 71.8 Å². The molecule has 3 aromatic rings. The Hall–Kier alpha value is -4.78. The molecule has 1 saturated carbocycles. The van der Waals surface area contributed by atoms with E-state index in [2.05, 4.69) is 10.6 Å². The molecule has 3 amide bonds. The van der Waals surface area contributed by atoms with E-state index in [1.165, 1.54) is 27.0 Å². The highest BCUT2D eigenvalue weighted by molar-refractivity contribution is 7.08. The second-order valence-corrected chi connectivity index (χ2v) is 15.1. The third-order valence-electron chi connectivity index (χ3n) is 9.51. The Morgan fingerprint density at radius 3 is 2.56 bits per heavy atom. The van der Waals surface area contributed by atoms with E-state index >= 15 is 0 Å². The zero-order valence-corrected chi connectivity index (χ0v) is 29.3. The van der Waals surface area contributed by atoms with Crippen LogP contribution in [0.5, 0.6) is 0 Å². The first-order valence-corrected chi connectivity index (χ1v) is 18.0. The van der Waals surface area contributed by atoms with Gasteiger partial charge in [0.15, 0.2) is 0 Å². The second kappa shape index (κ2) is 14.2. The average molecular weight is 702 g/mol. The van der Waals surface area contributed by atoms with Crippen LogP contribution in [-0.4, -0.2) is 73.4 Å². The number of nitrogens with zero attached hydrogens (tertiary/aromatic N) is 3. The Morgan fingerprint density at radius 1 is 1.08 bits per heavy atom. The zero-order chi connectivity index (χ0) is 35.6. The first-order chi connectivity index (χ1) is 23.9. The van der Waals surface area contributed by atoms with Gasteiger partial charge in [-0.2, -0.15) is 16.4 Å². The van der Waals surface area contributed by atoms with Crippen molar-refractivity contribution in [1.29, 1.82) is 0 Å². The van der Waals surface area contributed by atoms with Crippen molar-refractivity contribution in [3.8, 4) is 22.4 Å². The highest BCUT2D eigenvalue weighted by Crippen LogP contribution is 2.45. The predicted octanol–water partition coefficient (Wildman–Crippen LogP) is 5.15. The maximum absolute atomic E-state index is 14.4. The summed E-state index contributed by atoms with van der Waals surface area (Å²) in [5.41, 5.74) is 0.203. The topological polar surface area (TPSA) is 160 Å². The van der Waals surface area contributed by atoms with Crippen molar-refractivity contribution < 1.29 is 29.0 Å². The normalized spacial score (nSPS) is 25.8. The molecular weight excluding hydrogens is 659 g/mol. The Bertz CT molecular complexity index is 1830. The second-order valence-electron chi connectivity index (χ2n) is 14.3. The quantitative estimate of drug-likeness (QED) is 0.308. The third-order valence-corrected chi connectivity index (χ3v) is 10.2. The minimum absolute atomic E-state index is 0.0197. The highest BCUT2D eigenvalue weighted by Gasteiger charge is 2.61. The average Bonchev–Trinajstić information content (AvgIpc) is 3.39. The maximum Gasteiger partial charge on any atom is 0.408 e. The fourth-order valence-electron chi connectivity index (χ4n) is 6.88. The predicted molar refractivity (Wildman–Crippen MR) is 188 cm³/mol. The molecule has 0 radical (unpaired) electrons. The van der Waals surface area contributed by atoms with Crippen LogP contribution in [0, 0.1) is 5.92 Å². The number of carboxylic acid groups (broad SMARTS) is 1. The van der Waals surface area contributed by atoms with E-state index in [1.54, 1.807) is 20.8 Å². The van der Waals surface area contributed by atoms with Crippen LogP contribution in [0.15, 0.2) is 70.2 Å². The summed E-state index contributed by atoms with van der Waals surface area (Å²) in [4.78, 5) is 69.1. The number of alkyl carbamates (subject to hydrolysis) is 1. The summed E-state index contributed by atoms with van der Waals surface area (Å²) in [6.45, 7) is 5.13. The number of thiophene rings is 1. The molecule has 13 heteroatoms. The van der Waals surface area contributed by atoms with Gasteiger partial charge in [0.1, 0.15) is 23.2 Å². The number of aromatic nitrogens is 2. The number of allylic oxidation sites excluding steroid dienone is 1. The lowest BCUT2D eigenvalue weighted by Crippen LogP contribution is -2.56. The van der Waals surface area contributed by atoms with E-state index in [1.807, 2.05) is 59.3 Å². The molecule has 3 aliphatic rings. The molecule has 6 rings (SSSR count). The number of carboxylic acids is 1. The van der Waals surface area contributed by atoms with E-state index < -0.39 is 58.7 Å². The smallest absolute Gasteiger partial charge is 0.408 e. The molecule has 1 aromatic carbocycles. The van der Waals surface area contributed by atoms with Gasteiger partial charge in [-0.25, -0.2) is 14.3 Å². The standard InChI is InChI=1S/C37H43N5O7S/c1-36(2,3)49-35(48)38-28-15-11-6-4-5-10-14-25-20-37(25,34(46)47)39-32(44)29-18-26(21-41(29)33(28)45)42-30(43)19-27(24-16-17-50-22-24)31(40-42)23-12-8-7-9-13-23/h7-10,12-14,16-17,19,22,25-26,28-29H,4-6,11,15,18,20-21H2,1-3H3,(H,38,48)(H,39,44)(H,46,47)/t25?,26-,28+,29+,37-/m1/s1. The first-order valence-electron chi connectivity index (χ1n) is 17.1. The molecule has 1 saturated heterocycles. The zero-order valence-electron chi connectivity index (χ0n) is 28.5. The molecule has 1 aliphatic carbocycles. The van der Waals surface area contributed by atoms with Crippen LogP contribution in [0.25, 0.3) is 22.4 Å². The van der Waals surface area contributed by atoms with Crippen molar-refractivity contribution in [1.82, 2.24) is 25.3 Å². The highest BCUT2D eigenvalue weighted by atomic mass is 32.1. The van der Waals surface area contributed by atoms with E-state index in [0.717, 1.165) is 30.4 Å². The van der Waals surface area contributed by atoms with Crippen molar-refractivity contribution >= 4 is 35.2 Å². The number of aliphatic carboxylic acids is 1. The fourth-order valence-corrected chi connectivity index (χ4v) is 7.54. The molecule has 1 unspecified atom stereocenters. The van der Waals surface area contributed by atoms with Gasteiger partial charge in [0, 0.05) is 36.1 Å². The van der Waals surface area contributed by atoms with Crippen LogP contribution < -0.4 is 16.2 Å². The summed E-state index contributed by atoms with van der Waals surface area (Å²) >= 11 is 1.50. The van der Waals surface area contributed by atoms with Gasteiger partial charge in [0.05, 0.1) is 11.7 Å². The molecule has 0 spiro atoms. The SMILES string of the molecule is CC(C)(C)OC(=O)N[C@H]1CCCCCC=CC2C[C@@]2(C(=O)O)NC(=O)[C@@H]2C[C@@H](n3nc(-c4ccccc4)c(-c4ccsc4)cc3=O)CN2C1=O. The third kappa shape index (κ3) is 7.52. The number of carbonyl (C=O) groups is 4. The first kappa shape index (κ1) is 35.1. The summed E-state index contributed by atoms with van der Waals surface area (Å²) in [5, 5.41) is 24.4. The largest absolute Gasteiger partial charge is 0.479 e. The number of amides is 3. The molecule has 50 heavy (non-hydrogen) atoms. The summed E-state index contributed by atoms with van der Waals surface area (Å²) in [6, 6.07) is 10.1. The Morgan fingerprint density at radius 2 is 1.86 bits per heavy atom. The van der Waals surface area contributed by atoms with Gasteiger partial charge in [-0.15, -0.1) is 0 Å². The van der Waals surface area contributed by atoms with Crippen LogP contribution in [-0.2, 0) is 19.1 Å². The van der Waals surface area contributed by atoms with Gasteiger partial charge in [0.25, 0.3) is 5.56 Å². The number of rotatable bonds is 5. The van der Waals surface area contributed by atoms with Gasteiger partial charge in [0.2, 0.25) is 11.8 Å². The Balaban J connectivity index is 1.38. The lowest BCUT2D eigenvalue weighted by atomic mass is 10.0. The summed E-state index contributed by atoms with van der Waals surface area (Å²) in [5.74, 6) is -2.65. The number of hydrogen-bond donors (Lipinski definition) is 3. The van der Waals surface area contributed by atoms with Crippen molar-refractivity contribution in [3.05, 3.63) is 75.7 Å². The molecule has 2 fully saturated rings. The molecule has 2 aliphatic heterocycles. The van der Waals surface area contributed by atoms with Crippen LogP contribution in [0.2, 0.25) is 0 Å². The lowest BCUT2D eigenvalue weighted by Gasteiger charge is -2.30. The molecule has 5 atom stereocenters.